The third kappa shape index (κ3) is 5.79. The first-order chi connectivity index (χ1) is 3.27. The van der Waals surface area contributed by atoms with Crippen LogP contribution in [0.25, 0.3) is 0 Å². The smallest absolute Gasteiger partial charge is 0.510 e. The van der Waals surface area contributed by atoms with E-state index >= 15 is 0 Å². The van der Waals surface area contributed by atoms with Crippen LogP contribution in [-0.2, 0) is 13.6 Å². The van der Waals surface area contributed by atoms with Crippen LogP contribution in [0.15, 0.2) is 0 Å². The van der Waals surface area contributed by atoms with Crippen LogP contribution in [0.2, 0.25) is 6.55 Å². The lowest BCUT2D eigenvalue weighted by molar-refractivity contribution is -0.124. The Morgan fingerprint density at radius 1 is 1.86 bits per heavy atom. The molecule has 0 aliphatic carbocycles. The highest BCUT2D eigenvalue weighted by atomic mass is 28.3. The van der Waals surface area contributed by atoms with Crippen LogP contribution in [0.3, 0.4) is 0 Å². The van der Waals surface area contributed by atoms with E-state index in [-0.39, 0.29) is 0 Å². The fourth-order valence-electron chi connectivity index (χ4n) is 0.109. The Hall–Kier alpha value is -0.206. The quantitative estimate of drug-likeness (QED) is 0.292. The van der Waals surface area contributed by atoms with Gasteiger partial charge >= 0.3 is 9.17 Å². The number of hydrogen-bond donors (Lipinski definition) is 1. The van der Waals surface area contributed by atoms with E-state index in [9.17, 15) is 4.46 Å². The second kappa shape index (κ2) is 3.97. The van der Waals surface area contributed by atoms with Crippen molar-refractivity contribution < 1.29 is 18.4 Å². The maximum atomic E-state index is 9.62. The van der Waals surface area contributed by atoms with Gasteiger partial charge < -0.3 is 9.37 Å². The molecule has 0 fully saturated rings. The summed E-state index contributed by atoms with van der Waals surface area (Å²) in [4.78, 5) is 7.90. The van der Waals surface area contributed by atoms with E-state index in [1.165, 1.54) is 0 Å². The van der Waals surface area contributed by atoms with E-state index < -0.39 is 18.9 Å². The van der Waals surface area contributed by atoms with Crippen molar-refractivity contribution in [1.29, 1.82) is 0 Å². The zero-order valence-corrected chi connectivity index (χ0v) is 6.29. The Kier molecular flexibility index (Phi) is 3.85. The number of rotatable bonds is 3. The summed E-state index contributed by atoms with van der Waals surface area (Å²) in [5.74, 6) is 0. The molecule has 0 aromatic carbocycles. The standard InChI is InChI=1S/CH6O4Si2/c1-6-4-5-7(2)3/h2H,6H2,1H3. The molecule has 6 heteroatoms. The van der Waals surface area contributed by atoms with Gasteiger partial charge in [-0.3, -0.25) is 9.04 Å². The van der Waals surface area contributed by atoms with E-state index in [0.717, 1.165) is 0 Å². The van der Waals surface area contributed by atoms with Crippen LogP contribution >= 0.6 is 0 Å². The summed E-state index contributed by atoms with van der Waals surface area (Å²) in [7, 11) is -3.52. The van der Waals surface area contributed by atoms with E-state index in [2.05, 4.69) is 9.15 Å². The van der Waals surface area contributed by atoms with E-state index in [4.69, 9.17) is 4.80 Å². The summed E-state index contributed by atoms with van der Waals surface area (Å²) < 4.78 is 17.7. The Bertz CT molecular complexity index is 62.7. The Morgan fingerprint density at radius 3 is 2.57 bits per heavy atom. The molecule has 0 aromatic rings. The molecular formula is CH6O4Si2. The molecule has 0 spiro atoms. The van der Waals surface area contributed by atoms with Gasteiger partial charge in [0.15, 0.2) is 0 Å². The van der Waals surface area contributed by atoms with Crippen LogP contribution < -0.4 is 0 Å². The Morgan fingerprint density at radius 2 is 2.43 bits per heavy atom. The fourth-order valence-corrected chi connectivity index (χ4v) is 0.984. The average Bonchev–Trinajstić information content (AvgIpc) is 1.61. The second-order valence-electron chi connectivity index (χ2n) is 0.756. The molecule has 0 amide bonds. The minimum Gasteiger partial charge on any atom is -0.510 e. The maximum absolute atomic E-state index is 9.62. The minimum atomic E-state index is -2.83. The van der Waals surface area contributed by atoms with Crippen molar-refractivity contribution in [3.05, 3.63) is 0 Å². The maximum Gasteiger partial charge on any atom is 0.797 e. The topological polar surface area (TPSA) is 55.8 Å². The zero-order chi connectivity index (χ0) is 5.70. The van der Waals surface area contributed by atoms with Crippen LogP contribution in [0.4, 0.5) is 0 Å². The van der Waals surface area contributed by atoms with Gasteiger partial charge in [0.25, 0.3) is 0 Å². The monoisotopic (exact) mass is 138 g/mol. The van der Waals surface area contributed by atoms with Crippen LogP contribution in [0.1, 0.15) is 0 Å². The molecule has 0 aromatic heterocycles. The summed E-state index contributed by atoms with van der Waals surface area (Å²) in [5.41, 5.74) is 0. The van der Waals surface area contributed by atoms with E-state index in [0.29, 0.717) is 0 Å². The van der Waals surface area contributed by atoms with Gasteiger partial charge in [0, 0.05) is 0 Å². The van der Waals surface area contributed by atoms with Gasteiger partial charge in [0.1, 0.15) is 0 Å². The van der Waals surface area contributed by atoms with Crippen molar-refractivity contribution >= 4 is 18.9 Å². The Balaban J connectivity index is 2.82. The molecule has 4 nitrogen and oxygen atoms in total. The predicted octanol–water partition coefficient (Wildman–Crippen LogP) is -1.53. The van der Waals surface area contributed by atoms with E-state index in [1.807, 2.05) is 0 Å². The highest BCUT2D eigenvalue weighted by molar-refractivity contribution is 6.27. The average molecular weight is 138 g/mol. The van der Waals surface area contributed by atoms with Crippen LogP contribution in [0.5, 0.6) is 0 Å². The highest BCUT2D eigenvalue weighted by Crippen LogP contribution is 1.69. The molecule has 0 rings (SSSR count). The van der Waals surface area contributed by atoms with Crippen molar-refractivity contribution in [2.24, 2.45) is 0 Å². The van der Waals surface area contributed by atoms with Crippen molar-refractivity contribution in [3.8, 4) is 0 Å². The largest absolute Gasteiger partial charge is 0.797 e. The van der Waals surface area contributed by atoms with Gasteiger partial charge in [-0.25, -0.2) is 0 Å². The summed E-state index contributed by atoms with van der Waals surface area (Å²) >= 11 is 0. The number of hydrogen-bond acceptors (Lipinski definition) is 3. The molecule has 7 heavy (non-hydrogen) atoms. The normalized spacial score (nSPS) is 9.86. The molecule has 0 aliphatic rings. The van der Waals surface area contributed by atoms with Crippen molar-refractivity contribution in [1.82, 2.24) is 0 Å². The third-order valence-corrected chi connectivity index (χ3v) is 1.10. The summed E-state index contributed by atoms with van der Waals surface area (Å²) in [6.45, 7) is 1.80. The van der Waals surface area contributed by atoms with Gasteiger partial charge in [0.05, 0.1) is 0 Å². The lowest BCUT2D eigenvalue weighted by Gasteiger charge is -1.91. The molecule has 0 aliphatic heterocycles. The summed E-state index contributed by atoms with van der Waals surface area (Å²) in [5, 5.41) is 0. The fraction of sp³-hybridized carbons (Fsp3) is 1.00. The van der Waals surface area contributed by atoms with Gasteiger partial charge in [-0.15, -0.1) is 0 Å². The molecule has 0 atom stereocenters. The minimum absolute atomic E-state index is 0.686. The molecule has 42 valence electrons. The van der Waals surface area contributed by atoms with Crippen LogP contribution in [0, 0.1) is 0 Å². The molecule has 0 saturated carbocycles. The lowest BCUT2D eigenvalue weighted by atomic mass is 11.9. The lowest BCUT2D eigenvalue weighted by Crippen LogP contribution is -2.06. The van der Waals surface area contributed by atoms with Gasteiger partial charge in [-0.2, -0.15) is 0 Å². The van der Waals surface area contributed by atoms with Crippen molar-refractivity contribution in [2.45, 2.75) is 6.55 Å². The molecule has 0 radical (unpaired) electrons. The molecule has 1 N–H and O–H groups in total. The molecular weight excluding hydrogens is 132 g/mol. The van der Waals surface area contributed by atoms with Gasteiger partial charge in [0.2, 0.25) is 9.76 Å². The molecule has 0 heterocycles. The van der Waals surface area contributed by atoms with Crippen LogP contribution in [-0.4, -0.2) is 23.7 Å². The first kappa shape index (κ1) is 6.79. The highest BCUT2D eigenvalue weighted by Gasteiger charge is 2.01. The predicted molar refractivity (Wildman–Crippen MR) is 25.2 cm³/mol. The molecule has 0 bridgehead atoms. The first-order valence-corrected chi connectivity index (χ1v) is 5.05. The zero-order valence-electron chi connectivity index (χ0n) is 3.88. The summed E-state index contributed by atoms with van der Waals surface area (Å²) in [6.07, 6.45) is 0. The molecule has 0 unspecified atom stereocenters. The van der Waals surface area contributed by atoms with Gasteiger partial charge in [-0.05, 0) is 6.55 Å². The SMILES string of the molecule is C[SiH2]OO[Si](=O)O. The first-order valence-electron chi connectivity index (χ1n) is 1.79. The molecule has 0 saturated heterocycles. The third-order valence-electron chi connectivity index (χ3n) is 0.248. The van der Waals surface area contributed by atoms with Crippen molar-refractivity contribution in [2.75, 3.05) is 0 Å². The van der Waals surface area contributed by atoms with Gasteiger partial charge in [-0.1, -0.05) is 0 Å². The van der Waals surface area contributed by atoms with E-state index in [1.54, 1.807) is 6.55 Å². The van der Waals surface area contributed by atoms with Crippen molar-refractivity contribution in [3.63, 3.8) is 0 Å². The summed E-state index contributed by atoms with van der Waals surface area (Å²) in [6, 6.07) is 0. The Labute approximate surface area is 44.8 Å². The second-order valence-corrected chi connectivity index (χ2v) is 2.27.